The Morgan fingerprint density at radius 1 is 1.41 bits per heavy atom. The molecule has 0 aliphatic rings. The van der Waals surface area contributed by atoms with E-state index in [9.17, 15) is 22.8 Å². The van der Waals surface area contributed by atoms with Crippen molar-refractivity contribution in [2.45, 2.75) is 6.18 Å². The summed E-state index contributed by atoms with van der Waals surface area (Å²) >= 11 is 0. The highest BCUT2D eigenvalue weighted by Gasteiger charge is 2.43. The number of hydrogen-bond donors (Lipinski definition) is 1. The van der Waals surface area contributed by atoms with Gasteiger partial charge in [0.25, 0.3) is 0 Å². The lowest BCUT2D eigenvalue weighted by atomic mass is 10.3. The summed E-state index contributed by atoms with van der Waals surface area (Å²) < 4.78 is 36.7. The number of pyridine rings is 1. The first-order chi connectivity index (χ1) is 7.82. The second-order valence-electron chi connectivity index (χ2n) is 2.99. The standard InChI is InChI=1S/C9H7F3N2O3/c10-9(11,12)8(17)14(5-7(15)16)6-2-1-3-13-4-6/h1-4H,5H2,(H,15,16). The minimum Gasteiger partial charge on any atom is -0.480 e. The molecular formula is C9H7F3N2O3. The van der Waals surface area contributed by atoms with Crippen LogP contribution in [0, 0.1) is 0 Å². The van der Waals surface area contributed by atoms with Gasteiger partial charge < -0.3 is 5.11 Å². The van der Waals surface area contributed by atoms with E-state index in [0.29, 0.717) is 0 Å². The first-order valence-electron chi connectivity index (χ1n) is 4.33. The molecule has 1 aromatic rings. The molecule has 0 saturated heterocycles. The van der Waals surface area contributed by atoms with Gasteiger partial charge in [0.15, 0.2) is 0 Å². The Balaban J connectivity index is 3.05. The Kier molecular flexibility index (Phi) is 3.66. The normalized spacial score (nSPS) is 11.0. The third-order valence-electron chi connectivity index (χ3n) is 1.74. The van der Waals surface area contributed by atoms with Crippen molar-refractivity contribution in [1.29, 1.82) is 0 Å². The van der Waals surface area contributed by atoms with E-state index in [0.717, 1.165) is 6.20 Å². The molecule has 0 aliphatic carbocycles. The first kappa shape index (κ1) is 12.9. The molecule has 5 nitrogen and oxygen atoms in total. The van der Waals surface area contributed by atoms with E-state index >= 15 is 0 Å². The van der Waals surface area contributed by atoms with Gasteiger partial charge in [-0.3, -0.25) is 19.5 Å². The molecule has 1 N–H and O–H groups in total. The molecule has 17 heavy (non-hydrogen) atoms. The molecule has 0 unspecified atom stereocenters. The van der Waals surface area contributed by atoms with Gasteiger partial charge in [-0.05, 0) is 12.1 Å². The molecule has 0 spiro atoms. The Bertz CT molecular complexity index is 419. The van der Waals surface area contributed by atoms with Crippen LogP contribution in [0.3, 0.4) is 0 Å². The van der Waals surface area contributed by atoms with Crippen LogP contribution in [0.25, 0.3) is 0 Å². The Morgan fingerprint density at radius 3 is 2.47 bits per heavy atom. The van der Waals surface area contributed by atoms with E-state index in [2.05, 4.69) is 4.98 Å². The van der Waals surface area contributed by atoms with Gasteiger partial charge in [0.05, 0.1) is 11.9 Å². The summed E-state index contributed by atoms with van der Waals surface area (Å²) in [6, 6.07) is 2.47. The number of carbonyl (C=O) groups excluding carboxylic acids is 1. The fourth-order valence-electron chi connectivity index (χ4n) is 1.08. The van der Waals surface area contributed by atoms with Crippen molar-refractivity contribution >= 4 is 17.6 Å². The van der Waals surface area contributed by atoms with Crippen molar-refractivity contribution in [3.05, 3.63) is 24.5 Å². The van der Waals surface area contributed by atoms with Gasteiger partial charge in [0.2, 0.25) is 0 Å². The predicted octanol–water partition coefficient (Wildman–Crippen LogP) is 1.06. The van der Waals surface area contributed by atoms with Crippen molar-refractivity contribution in [2.75, 3.05) is 11.4 Å². The Hall–Kier alpha value is -2.12. The number of anilines is 1. The number of halogens is 3. The number of amides is 1. The van der Waals surface area contributed by atoms with Crippen molar-refractivity contribution in [1.82, 2.24) is 4.98 Å². The van der Waals surface area contributed by atoms with Crippen LogP contribution in [-0.2, 0) is 9.59 Å². The average molecular weight is 248 g/mol. The summed E-state index contributed by atoms with van der Waals surface area (Å²) in [5.41, 5.74) is -0.225. The molecule has 0 saturated carbocycles. The number of aromatic nitrogens is 1. The van der Waals surface area contributed by atoms with Crippen LogP contribution in [0.5, 0.6) is 0 Å². The van der Waals surface area contributed by atoms with Gasteiger partial charge in [-0.25, -0.2) is 0 Å². The zero-order valence-corrected chi connectivity index (χ0v) is 8.31. The number of aliphatic carboxylic acids is 1. The van der Waals surface area contributed by atoms with E-state index in [1.807, 2.05) is 0 Å². The van der Waals surface area contributed by atoms with Crippen LogP contribution < -0.4 is 4.90 Å². The highest BCUT2D eigenvalue weighted by atomic mass is 19.4. The van der Waals surface area contributed by atoms with Crippen LogP contribution in [0.2, 0.25) is 0 Å². The number of carbonyl (C=O) groups is 2. The molecule has 1 rings (SSSR count). The fraction of sp³-hybridized carbons (Fsp3) is 0.222. The second-order valence-corrected chi connectivity index (χ2v) is 2.99. The topological polar surface area (TPSA) is 70.5 Å². The number of hydrogen-bond acceptors (Lipinski definition) is 3. The lowest BCUT2D eigenvalue weighted by Crippen LogP contribution is -2.44. The van der Waals surface area contributed by atoms with Crippen LogP contribution in [0.4, 0.5) is 18.9 Å². The summed E-state index contributed by atoms with van der Waals surface area (Å²) in [6.45, 7) is -1.08. The summed E-state index contributed by atoms with van der Waals surface area (Å²) in [4.78, 5) is 25.1. The molecule has 1 aromatic heterocycles. The minimum absolute atomic E-state index is 0.106. The lowest BCUT2D eigenvalue weighted by molar-refractivity contribution is -0.170. The summed E-state index contributed by atoms with van der Waals surface area (Å²) in [5, 5.41) is 8.48. The van der Waals surface area contributed by atoms with Crippen molar-refractivity contribution in [3.63, 3.8) is 0 Å². The van der Waals surface area contributed by atoms with Gasteiger partial charge in [-0.15, -0.1) is 0 Å². The second kappa shape index (κ2) is 4.81. The van der Waals surface area contributed by atoms with Crippen molar-refractivity contribution in [2.24, 2.45) is 0 Å². The lowest BCUT2D eigenvalue weighted by Gasteiger charge is -2.21. The van der Waals surface area contributed by atoms with E-state index in [1.54, 1.807) is 0 Å². The minimum atomic E-state index is -5.13. The SMILES string of the molecule is O=C(O)CN(C(=O)C(F)(F)F)c1cccnc1. The summed E-state index contributed by atoms with van der Waals surface area (Å²) in [5.74, 6) is -3.79. The summed E-state index contributed by atoms with van der Waals surface area (Å²) in [7, 11) is 0. The smallest absolute Gasteiger partial charge is 0.471 e. The molecule has 0 fully saturated rings. The third-order valence-corrected chi connectivity index (χ3v) is 1.74. The third kappa shape index (κ3) is 3.44. The van der Waals surface area contributed by atoms with Crippen LogP contribution in [-0.4, -0.2) is 34.7 Å². The van der Waals surface area contributed by atoms with E-state index in [-0.39, 0.29) is 10.6 Å². The zero-order chi connectivity index (χ0) is 13.1. The molecule has 0 atom stereocenters. The Labute approximate surface area is 93.5 Å². The van der Waals surface area contributed by atoms with E-state index < -0.39 is 24.6 Å². The highest BCUT2D eigenvalue weighted by molar-refractivity contribution is 6.00. The average Bonchev–Trinajstić information content (AvgIpc) is 2.24. The molecule has 1 heterocycles. The van der Waals surface area contributed by atoms with Crippen LogP contribution >= 0.6 is 0 Å². The molecule has 0 bridgehead atoms. The van der Waals surface area contributed by atoms with E-state index in [1.165, 1.54) is 18.3 Å². The van der Waals surface area contributed by atoms with Gasteiger partial charge >= 0.3 is 18.1 Å². The number of carboxylic acid groups (broad SMARTS) is 1. The molecule has 0 aliphatic heterocycles. The fourth-order valence-corrected chi connectivity index (χ4v) is 1.08. The molecule has 0 aromatic carbocycles. The maximum Gasteiger partial charge on any atom is 0.471 e. The molecule has 1 amide bonds. The Morgan fingerprint density at radius 2 is 2.06 bits per heavy atom. The quantitative estimate of drug-likeness (QED) is 0.868. The summed E-state index contributed by atoms with van der Waals surface area (Å²) in [6.07, 6.45) is -2.86. The molecule has 92 valence electrons. The van der Waals surface area contributed by atoms with Gasteiger partial charge in [-0.2, -0.15) is 13.2 Å². The zero-order valence-electron chi connectivity index (χ0n) is 8.31. The van der Waals surface area contributed by atoms with Crippen LogP contribution in [0.15, 0.2) is 24.5 Å². The number of rotatable bonds is 3. The first-order valence-corrected chi connectivity index (χ1v) is 4.33. The van der Waals surface area contributed by atoms with Crippen LogP contribution in [0.1, 0.15) is 0 Å². The number of carboxylic acids is 1. The number of alkyl halides is 3. The number of nitrogens with zero attached hydrogens (tertiary/aromatic N) is 2. The van der Waals surface area contributed by atoms with Gasteiger partial charge in [0, 0.05) is 6.20 Å². The monoisotopic (exact) mass is 248 g/mol. The van der Waals surface area contributed by atoms with Gasteiger partial charge in [-0.1, -0.05) is 0 Å². The largest absolute Gasteiger partial charge is 0.480 e. The molecule has 0 radical (unpaired) electrons. The maximum atomic E-state index is 12.2. The molecular weight excluding hydrogens is 241 g/mol. The van der Waals surface area contributed by atoms with Crippen molar-refractivity contribution in [3.8, 4) is 0 Å². The maximum absolute atomic E-state index is 12.2. The predicted molar refractivity (Wildman–Crippen MR) is 50.3 cm³/mol. The van der Waals surface area contributed by atoms with E-state index in [4.69, 9.17) is 5.11 Å². The van der Waals surface area contributed by atoms with Crippen molar-refractivity contribution < 1.29 is 27.9 Å². The highest BCUT2D eigenvalue weighted by Crippen LogP contribution is 2.22. The molecule has 8 heteroatoms. The van der Waals surface area contributed by atoms with Gasteiger partial charge in [0.1, 0.15) is 6.54 Å².